The van der Waals surface area contributed by atoms with E-state index >= 15 is 0 Å². The highest BCUT2D eigenvalue weighted by Gasteiger charge is 2.23. The first-order chi connectivity index (χ1) is 8.33. The molecule has 92 valence electrons. The Morgan fingerprint density at radius 3 is 2.76 bits per heavy atom. The number of nitrogens with zero attached hydrogens (tertiary/aromatic N) is 1. The molecule has 1 N–H and O–H groups in total. The van der Waals surface area contributed by atoms with Gasteiger partial charge in [-0.1, -0.05) is 12.8 Å². The quantitative estimate of drug-likeness (QED) is 0.877. The average molecular weight is 250 g/mol. The Morgan fingerprint density at radius 2 is 2.06 bits per heavy atom. The highest BCUT2D eigenvalue weighted by molar-refractivity contribution is 7.99. The molecule has 1 aromatic heterocycles. The lowest BCUT2D eigenvalue weighted by Gasteiger charge is -2.12. The van der Waals surface area contributed by atoms with Crippen molar-refractivity contribution in [3.05, 3.63) is 27.9 Å². The van der Waals surface area contributed by atoms with Crippen molar-refractivity contribution in [3.8, 4) is 0 Å². The molecule has 1 aliphatic heterocycles. The maximum Gasteiger partial charge on any atom is 0.251 e. The van der Waals surface area contributed by atoms with Crippen LogP contribution in [0, 0.1) is 0 Å². The second-order valence-electron chi connectivity index (χ2n) is 5.04. The predicted molar refractivity (Wildman–Crippen MR) is 70.5 cm³/mol. The van der Waals surface area contributed by atoms with Crippen molar-refractivity contribution >= 4 is 11.8 Å². The lowest BCUT2D eigenvalue weighted by molar-refractivity contribution is 0.671. The Bertz CT molecular complexity index is 408. The van der Waals surface area contributed by atoms with Crippen LogP contribution >= 0.6 is 11.8 Å². The van der Waals surface area contributed by atoms with Crippen LogP contribution in [0.5, 0.6) is 0 Å². The van der Waals surface area contributed by atoms with Gasteiger partial charge in [0.1, 0.15) is 5.82 Å². The van der Waals surface area contributed by atoms with Crippen LogP contribution in [0.3, 0.4) is 0 Å². The van der Waals surface area contributed by atoms with Gasteiger partial charge < -0.3 is 4.98 Å². The van der Waals surface area contributed by atoms with Gasteiger partial charge in [-0.2, -0.15) is 11.8 Å². The molecule has 0 aromatic carbocycles. The minimum absolute atomic E-state index is 0.0319. The van der Waals surface area contributed by atoms with Gasteiger partial charge in [-0.3, -0.25) is 4.79 Å². The molecule has 1 aromatic rings. The van der Waals surface area contributed by atoms with Crippen molar-refractivity contribution in [2.24, 2.45) is 0 Å². The summed E-state index contributed by atoms with van der Waals surface area (Å²) in [4.78, 5) is 19.4. The van der Waals surface area contributed by atoms with Crippen LogP contribution in [0.1, 0.15) is 61.2 Å². The minimum atomic E-state index is 0.0319. The Hall–Kier alpha value is -0.770. The van der Waals surface area contributed by atoms with Crippen molar-refractivity contribution in [1.29, 1.82) is 0 Å². The maximum absolute atomic E-state index is 11.7. The zero-order valence-corrected chi connectivity index (χ0v) is 10.8. The van der Waals surface area contributed by atoms with Crippen molar-refractivity contribution < 1.29 is 0 Å². The third kappa shape index (κ3) is 2.41. The number of H-pyrrole nitrogens is 1. The summed E-state index contributed by atoms with van der Waals surface area (Å²) in [5.41, 5.74) is 1.07. The second kappa shape index (κ2) is 4.84. The zero-order valence-electron chi connectivity index (χ0n) is 9.95. The lowest BCUT2D eigenvalue weighted by Crippen LogP contribution is -2.15. The van der Waals surface area contributed by atoms with E-state index in [1.807, 2.05) is 11.8 Å². The van der Waals surface area contributed by atoms with Crippen LogP contribution in [0.2, 0.25) is 0 Å². The Labute approximate surface area is 105 Å². The summed E-state index contributed by atoms with van der Waals surface area (Å²) < 4.78 is 0. The number of thioether (sulfide) groups is 1. The highest BCUT2D eigenvalue weighted by atomic mass is 32.2. The van der Waals surface area contributed by atoms with Crippen LogP contribution < -0.4 is 5.56 Å². The molecular formula is C13H18N2OS. The fourth-order valence-corrected chi connectivity index (χ4v) is 4.09. The molecule has 0 radical (unpaired) electrons. The maximum atomic E-state index is 11.7. The number of hydrogen-bond acceptors (Lipinski definition) is 3. The summed E-state index contributed by atoms with van der Waals surface area (Å²) in [6.45, 7) is 0. The molecule has 0 amide bonds. The summed E-state index contributed by atoms with van der Waals surface area (Å²) in [5, 5.41) is 0.420. The highest BCUT2D eigenvalue weighted by Crippen LogP contribution is 2.39. The van der Waals surface area contributed by atoms with E-state index in [-0.39, 0.29) is 5.56 Å². The van der Waals surface area contributed by atoms with Crippen LogP contribution in [-0.4, -0.2) is 15.7 Å². The molecule has 0 bridgehead atoms. The third-order valence-corrected chi connectivity index (χ3v) is 5.17. The first-order valence-corrected chi connectivity index (χ1v) is 7.60. The van der Waals surface area contributed by atoms with Gasteiger partial charge >= 0.3 is 0 Å². The van der Waals surface area contributed by atoms with Crippen molar-refractivity contribution in [1.82, 2.24) is 9.97 Å². The van der Waals surface area contributed by atoms with E-state index < -0.39 is 0 Å². The van der Waals surface area contributed by atoms with Gasteiger partial charge in [0.05, 0.1) is 10.9 Å². The largest absolute Gasteiger partial charge is 0.310 e. The van der Waals surface area contributed by atoms with Gasteiger partial charge in [-0.15, -0.1) is 0 Å². The fraction of sp³-hybridized carbons (Fsp3) is 0.692. The van der Waals surface area contributed by atoms with E-state index in [0.29, 0.717) is 11.2 Å². The molecule has 1 aliphatic carbocycles. The number of hydrogen-bond donors (Lipinski definition) is 1. The van der Waals surface area contributed by atoms with Crippen LogP contribution in [0.15, 0.2) is 10.9 Å². The first-order valence-electron chi connectivity index (χ1n) is 6.56. The number of aromatic amines is 1. The van der Waals surface area contributed by atoms with Crippen LogP contribution in [0.25, 0.3) is 0 Å². The van der Waals surface area contributed by atoms with E-state index in [0.717, 1.165) is 17.9 Å². The first kappa shape index (κ1) is 11.3. The van der Waals surface area contributed by atoms with Crippen molar-refractivity contribution in [3.63, 3.8) is 0 Å². The van der Waals surface area contributed by atoms with Gasteiger partial charge in [0.2, 0.25) is 0 Å². The van der Waals surface area contributed by atoms with E-state index in [1.165, 1.54) is 37.9 Å². The number of rotatable bonds is 2. The van der Waals surface area contributed by atoms with E-state index in [2.05, 4.69) is 4.98 Å². The monoisotopic (exact) mass is 250 g/mol. The lowest BCUT2D eigenvalue weighted by atomic mass is 10.0. The summed E-state index contributed by atoms with van der Waals surface area (Å²) in [6.07, 6.45) is 7.37. The zero-order chi connectivity index (χ0) is 11.7. The third-order valence-electron chi connectivity index (χ3n) is 3.79. The Morgan fingerprint density at radius 1 is 1.24 bits per heavy atom. The van der Waals surface area contributed by atoms with Crippen molar-refractivity contribution in [2.75, 3.05) is 5.75 Å². The minimum Gasteiger partial charge on any atom is -0.310 e. The number of aromatic nitrogens is 2. The molecule has 0 spiro atoms. The predicted octanol–water partition coefficient (Wildman–Crippen LogP) is 3.00. The van der Waals surface area contributed by atoms with Gasteiger partial charge in [0.15, 0.2) is 0 Å². The topological polar surface area (TPSA) is 45.8 Å². The normalized spacial score (nSPS) is 25.5. The molecule has 2 fully saturated rings. The Kier molecular flexibility index (Phi) is 3.23. The Balaban J connectivity index is 1.91. The van der Waals surface area contributed by atoms with E-state index in [4.69, 9.17) is 4.98 Å². The van der Waals surface area contributed by atoms with Gasteiger partial charge in [0, 0.05) is 12.0 Å². The summed E-state index contributed by atoms with van der Waals surface area (Å²) in [7, 11) is 0. The molecule has 2 heterocycles. The van der Waals surface area contributed by atoms with Gasteiger partial charge in [0.25, 0.3) is 5.56 Å². The smallest absolute Gasteiger partial charge is 0.251 e. The standard InChI is InChI=1S/C13H18N2OS/c16-12-8-10(9-4-1-2-5-9)14-13(15-12)11-6-3-7-17-11/h8-9,11H,1-7H2,(H,14,15,16). The molecule has 2 aliphatic rings. The van der Waals surface area contributed by atoms with Gasteiger partial charge in [-0.25, -0.2) is 4.98 Å². The van der Waals surface area contributed by atoms with E-state index in [1.54, 1.807) is 6.07 Å². The molecule has 3 rings (SSSR count). The van der Waals surface area contributed by atoms with Crippen LogP contribution in [0.4, 0.5) is 0 Å². The molecule has 17 heavy (non-hydrogen) atoms. The number of nitrogens with one attached hydrogen (secondary N) is 1. The molecule has 1 atom stereocenters. The summed E-state index contributed by atoms with van der Waals surface area (Å²) in [5.74, 6) is 2.64. The second-order valence-corrected chi connectivity index (χ2v) is 6.35. The van der Waals surface area contributed by atoms with Crippen molar-refractivity contribution in [2.45, 2.75) is 49.7 Å². The summed E-state index contributed by atoms with van der Waals surface area (Å²) in [6, 6.07) is 1.71. The molecule has 1 unspecified atom stereocenters. The SMILES string of the molecule is O=c1cc(C2CCCC2)nc(C2CCCS2)[nH]1. The molecule has 4 heteroatoms. The molecule has 3 nitrogen and oxygen atoms in total. The van der Waals surface area contributed by atoms with E-state index in [9.17, 15) is 4.79 Å². The molecule has 1 saturated heterocycles. The fourth-order valence-electron chi connectivity index (χ4n) is 2.87. The average Bonchev–Trinajstić information content (AvgIpc) is 3.02. The molecule has 1 saturated carbocycles. The van der Waals surface area contributed by atoms with Crippen LogP contribution in [-0.2, 0) is 0 Å². The van der Waals surface area contributed by atoms with Gasteiger partial charge in [-0.05, 0) is 31.4 Å². The summed E-state index contributed by atoms with van der Waals surface area (Å²) >= 11 is 1.92. The molecular weight excluding hydrogens is 232 g/mol.